The minimum Gasteiger partial charge on any atom is -0.364 e. The fourth-order valence-corrected chi connectivity index (χ4v) is 2.47. The number of nitrogens with zero attached hydrogens (tertiary/aromatic N) is 1. The van der Waals surface area contributed by atoms with Crippen LogP contribution in [-0.2, 0) is 0 Å². The van der Waals surface area contributed by atoms with Crippen molar-refractivity contribution in [3.8, 4) is 0 Å². The quantitative estimate of drug-likeness (QED) is 0.861. The Morgan fingerprint density at radius 2 is 2.20 bits per heavy atom. The molecule has 0 aromatic carbocycles. The molecule has 15 heavy (non-hydrogen) atoms. The zero-order valence-electron chi connectivity index (χ0n) is 9.70. The Balaban J connectivity index is 2.74. The Labute approximate surface area is 94.7 Å². The number of amides is 1. The number of carbonyl (C=O) groups is 1. The van der Waals surface area contributed by atoms with Gasteiger partial charge in [-0.2, -0.15) is 0 Å². The minimum atomic E-state index is -0.436. The highest BCUT2D eigenvalue weighted by atomic mass is 32.1. The molecule has 0 spiro atoms. The van der Waals surface area contributed by atoms with Crippen LogP contribution in [0.15, 0.2) is 6.20 Å². The predicted octanol–water partition coefficient (Wildman–Crippen LogP) is 2.78. The smallest absolute Gasteiger partial charge is 0.277 e. The van der Waals surface area contributed by atoms with E-state index in [0.29, 0.717) is 10.9 Å². The van der Waals surface area contributed by atoms with Crippen molar-refractivity contribution in [2.75, 3.05) is 0 Å². The van der Waals surface area contributed by atoms with Gasteiger partial charge in [-0.15, -0.1) is 11.3 Å². The third-order valence-corrected chi connectivity index (χ3v) is 3.38. The van der Waals surface area contributed by atoms with E-state index >= 15 is 0 Å². The topological polar surface area (TPSA) is 56.0 Å². The Morgan fingerprint density at radius 1 is 1.60 bits per heavy atom. The number of primary amides is 1. The van der Waals surface area contributed by atoms with E-state index in [1.165, 1.54) is 11.3 Å². The third kappa shape index (κ3) is 3.63. The molecule has 0 saturated carbocycles. The predicted molar refractivity (Wildman–Crippen MR) is 63.1 cm³/mol. The first kappa shape index (κ1) is 12.2. The van der Waals surface area contributed by atoms with Crippen LogP contribution in [0.4, 0.5) is 0 Å². The average Bonchev–Trinajstić information content (AvgIpc) is 2.47. The summed E-state index contributed by atoms with van der Waals surface area (Å²) in [5.74, 6) is -0.00944. The molecule has 1 heterocycles. The third-order valence-electron chi connectivity index (χ3n) is 2.14. The maximum Gasteiger partial charge on any atom is 0.277 e. The second-order valence-corrected chi connectivity index (χ2v) is 6.16. The van der Waals surface area contributed by atoms with Crippen LogP contribution in [0.3, 0.4) is 0 Å². The molecular weight excluding hydrogens is 208 g/mol. The molecule has 1 aromatic heterocycles. The first-order valence-corrected chi connectivity index (χ1v) is 5.87. The van der Waals surface area contributed by atoms with Gasteiger partial charge < -0.3 is 5.73 Å². The maximum absolute atomic E-state index is 10.9. The van der Waals surface area contributed by atoms with Crippen LogP contribution < -0.4 is 5.73 Å². The Morgan fingerprint density at radius 3 is 2.60 bits per heavy atom. The molecule has 84 valence electrons. The summed E-state index contributed by atoms with van der Waals surface area (Å²) in [5.41, 5.74) is 5.45. The molecule has 0 bridgehead atoms. The lowest BCUT2D eigenvalue weighted by Gasteiger charge is -2.22. The summed E-state index contributed by atoms with van der Waals surface area (Å²) in [5, 5.41) is 0.408. The summed E-state index contributed by atoms with van der Waals surface area (Å²) in [4.78, 5) is 16.0. The molecule has 1 amide bonds. The van der Waals surface area contributed by atoms with Crippen LogP contribution in [-0.4, -0.2) is 10.9 Å². The lowest BCUT2D eigenvalue weighted by Crippen LogP contribution is -2.10. The van der Waals surface area contributed by atoms with Crippen LogP contribution in [0.25, 0.3) is 0 Å². The van der Waals surface area contributed by atoms with E-state index in [4.69, 9.17) is 5.73 Å². The van der Waals surface area contributed by atoms with Crippen LogP contribution in [0.1, 0.15) is 54.7 Å². The highest BCUT2D eigenvalue weighted by molar-refractivity contribution is 7.13. The van der Waals surface area contributed by atoms with Crippen LogP contribution in [0.5, 0.6) is 0 Å². The number of hydrogen-bond acceptors (Lipinski definition) is 3. The molecule has 0 radical (unpaired) electrons. The van der Waals surface area contributed by atoms with E-state index < -0.39 is 5.91 Å². The summed E-state index contributed by atoms with van der Waals surface area (Å²) in [6.07, 6.45) is 2.84. The van der Waals surface area contributed by atoms with E-state index in [0.717, 1.165) is 11.3 Å². The molecule has 1 rings (SSSR count). The lowest BCUT2D eigenvalue weighted by molar-refractivity contribution is 0.1000. The molecule has 2 N–H and O–H groups in total. The highest BCUT2D eigenvalue weighted by Gasteiger charge is 2.19. The van der Waals surface area contributed by atoms with Gasteiger partial charge in [0.25, 0.3) is 5.91 Å². The zero-order chi connectivity index (χ0) is 11.6. The van der Waals surface area contributed by atoms with Crippen molar-refractivity contribution < 1.29 is 4.79 Å². The fraction of sp³-hybridized carbons (Fsp3) is 0.636. The van der Waals surface area contributed by atoms with Crippen molar-refractivity contribution in [3.63, 3.8) is 0 Å². The first-order chi connectivity index (χ1) is 6.79. The lowest BCUT2D eigenvalue weighted by atomic mass is 9.85. The molecule has 1 unspecified atom stereocenters. The van der Waals surface area contributed by atoms with Gasteiger partial charge in [-0.1, -0.05) is 27.7 Å². The van der Waals surface area contributed by atoms with Crippen LogP contribution in [0, 0.1) is 5.41 Å². The zero-order valence-corrected chi connectivity index (χ0v) is 10.5. The van der Waals surface area contributed by atoms with Crippen LogP contribution >= 0.6 is 11.3 Å². The molecular formula is C11H18N2OS. The van der Waals surface area contributed by atoms with Gasteiger partial charge in [-0.3, -0.25) is 4.79 Å². The summed E-state index contributed by atoms with van der Waals surface area (Å²) in [6, 6.07) is 0. The molecule has 0 fully saturated rings. The Hall–Kier alpha value is -0.900. The van der Waals surface area contributed by atoms with Gasteiger partial charge in [0, 0.05) is 11.1 Å². The van der Waals surface area contributed by atoms with Crippen molar-refractivity contribution in [1.29, 1.82) is 0 Å². The van der Waals surface area contributed by atoms with Crippen molar-refractivity contribution in [2.45, 2.75) is 40.0 Å². The molecule has 0 aliphatic rings. The Kier molecular flexibility index (Phi) is 3.50. The van der Waals surface area contributed by atoms with Crippen molar-refractivity contribution in [2.24, 2.45) is 11.1 Å². The molecule has 0 aliphatic carbocycles. The number of hydrogen-bond donors (Lipinski definition) is 1. The fourth-order valence-electron chi connectivity index (χ4n) is 1.65. The van der Waals surface area contributed by atoms with Crippen molar-refractivity contribution in [3.05, 3.63) is 16.1 Å². The first-order valence-electron chi connectivity index (χ1n) is 5.05. The molecule has 0 aliphatic heterocycles. The molecule has 1 atom stereocenters. The average molecular weight is 226 g/mol. The largest absolute Gasteiger partial charge is 0.364 e. The van der Waals surface area contributed by atoms with E-state index in [2.05, 4.69) is 32.7 Å². The summed E-state index contributed by atoms with van der Waals surface area (Å²) >= 11 is 1.40. The van der Waals surface area contributed by atoms with E-state index in [1.54, 1.807) is 6.20 Å². The molecule has 3 nitrogen and oxygen atoms in total. The monoisotopic (exact) mass is 226 g/mol. The van der Waals surface area contributed by atoms with E-state index in [-0.39, 0.29) is 5.41 Å². The van der Waals surface area contributed by atoms with Crippen LogP contribution in [0.2, 0.25) is 0 Å². The van der Waals surface area contributed by atoms with E-state index in [1.807, 2.05) is 0 Å². The van der Waals surface area contributed by atoms with Gasteiger partial charge in [0.2, 0.25) is 0 Å². The minimum absolute atomic E-state index is 0.288. The summed E-state index contributed by atoms with van der Waals surface area (Å²) < 4.78 is 0. The van der Waals surface area contributed by atoms with Gasteiger partial charge in [-0.25, -0.2) is 4.98 Å². The molecule has 4 heteroatoms. The summed E-state index contributed by atoms with van der Waals surface area (Å²) in [6.45, 7) is 8.78. The number of aromatic nitrogens is 1. The van der Waals surface area contributed by atoms with Gasteiger partial charge in [0.05, 0.1) is 0 Å². The van der Waals surface area contributed by atoms with Gasteiger partial charge in [-0.05, 0) is 17.8 Å². The molecule has 1 aromatic rings. The van der Waals surface area contributed by atoms with Crippen molar-refractivity contribution >= 4 is 17.2 Å². The highest BCUT2D eigenvalue weighted by Crippen LogP contribution is 2.33. The van der Waals surface area contributed by atoms with Gasteiger partial charge in [0.1, 0.15) is 0 Å². The number of carbonyl (C=O) groups excluding carboxylic acids is 1. The SMILES string of the molecule is CC(CC(C)(C)C)c1cnc(C(N)=O)s1. The standard InChI is InChI=1S/C11H18N2OS/c1-7(5-11(2,3)4)8-6-13-10(15-8)9(12)14/h6-7H,5H2,1-4H3,(H2,12,14). The number of nitrogens with two attached hydrogens (primary N) is 1. The maximum atomic E-state index is 10.9. The Bertz CT molecular complexity index is 352. The number of thiazole rings is 1. The summed E-state index contributed by atoms with van der Waals surface area (Å²) in [7, 11) is 0. The van der Waals surface area contributed by atoms with Crippen molar-refractivity contribution in [1.82, 2.24) is 4.98 Å². The van der Waals surface area contributed by atoms with Gasteiger partial charge in [0.15, 0.2) is 5.01 Å². The van der Waals surface area contributed by atoms with Gasteiger partial charge >= 0.3 is 0 Å². The second kappa shape index (κ2) is 4.31. The number of rotatable bonds is 3. The van der Waals surface area contributed by atoms with E-state index in [9.17, 15) is 4.79 Å². The molecule has 0 saturated heterocycles. The second-order valence-electron chi connectivity index (χ2n) is 5.10. The normalized spacial score (nSPS) is 13.9.